The van der Waals surface area contributed by atoms with E-state index in [2.05, 4.69) is 19.2 Å². The molecule has 0 aliphatic carbocycles. The van der Waals surface area contributed by atoms with Crippen molar-refractivity contribution >= 4 is 17.7 Å². The van der Waals surface area contributed by atoms with Crippen LogP contribution in [-0.4, -0.2) is 35.7 Å². The minimum Gasteiger partial charge on any atom is -0.356 e. The Bertz CT molecular complexity index is 605. The number of rotatable bonds is 11. The van der Waals surface area contributed by atoms with Crippen molar-refractivity contribution in [2.24, 2.45) is 5.92 Å². The number of fused-ring (bicyclic) bond motifs is 1. The number of benzene rings is 1. The summed E-state index contributed by atoms with van der Waals surface area (Å²) < 4.78 is 0. The maximum atomic E-state index is 12.2. The van der Waals surface area contributed by atoms with E-state index in [0.29, 0.717) is 30.5 Å². The molecule has 0 atom stereocenters. The fourth-order valence-corrected chi connectivity index (χ4v) is 3.19. The van der Waals surface area contributed by atoms with E-state index in [1.54, 1.807) is 24.3 Å². The number of carbonyl (C=O) groups excluding carboxylic acids is 3. The highest BCUT2D eigenvalue weighted by Gasteiger charge is 2.34. The van der Waals surface area contributed by atoms with Crippen LogP contribution < -0.4 is 5.32 Å². The van der Waals surface area contributed by atoms with Crippen LogP contribution in [0.25, 0.3) is 0 Å². The number of carbonyl (C=O) groups is 3. The molecular weight excluding hydrogens is 328 g/mol. The van der Waals surface area contributed by atoms with Crippen molar-refractivity contribution in [3.05, 3.63) is 35.4 Å². The van der Waals surface area contributed by atoms with E-state index in [-0.39, 0.29) is 24.3 Å². The number of nitrogens with one attached hydrogen (secondary N) is 1. The van der Waals surface area contributed by atoms with E-state index < -0.39 is 0 Å². The van der Waals surface area contributed by atoms with Crippen LogP contribution in [0.1, 0.15) is 79.5 Å². The summed E-state index contributed by atoms with van der Waals surface area (Å²) in [5.41, 5.74) is 0.916. The van der Waals surface area contributed by atoms with Crippen molar-refractivity contribution in [3.8, 4) is 0 Å². The van der Waals surface area contributed by atoms with Gasteiger partial charge in [0.2, 0.25) is 5.91 Å². The third-order valence-electron chi connectivity index (χ3n) is 4.69. The van der Waals surface area contributed by atoms with Crippen molar-refractivity contribution < 1.29 is 14.4 Å². The topological polar surface area (TPSA) is 66.5 Å². The lowest BCUT2D eigenvalue weighted by Crippen LogP contribution is -2.32. The van der Waals surface area contributed by atoms with Crippen LogP contribution in [0.5, 0.6) is 0 Å². The molecule has 1 aromatic rings. The van der Waals surface area contributed by atoms with E-state index in [0.717, 1.165) is 18.8 Å². The quantitative estimate of drug-likeness (QED) is 0.483. The van der Waals surface area contributed by atoms with Gasteiger partial charge in [-0.1, -0.05) is 51.7 Å². The lowest BCUT2D eigenvalue weighted by molar-refractivity contribution is -0.121. The number of imide groups is 1. The number of hydrogen-bond donors (Lipinski definition) is 1. The zero-order valence-electron chi connectivity index (χ0n) is 15.9. The molecule has 1 aliphatic heterocycles. The van der Waals surface area contributed by atoms with Gasteiger partial charge in [-0.15, -0.1) is 0 Å². The van der Waals surface area contributed by atoms with Gasteiger partial charge in [0.1, 0.15) is 0 Å². The largest absolute Gasteiger partial charge is 0.356 e. The number of amides is 3. The summed E-state index contributed by atoms with van der Waals surface area (Å²) in [6.07, 6.45) is 6.71. The molecule has 142 valence electrons. The first-order chi connectivity index (χ1) is 12.5. The molecule has 26 heavy (non-hydrogen) atoms. The fourth-order valence-electron chi connectivity index (χ4n) is 3.19. The van der Waals surface area contributed by atoms with Crippen molar-refractivity contribution in [2.75, 3.05) is 13.1 Å². The Morgan fingerprint density at radius 1 is 0.962 bits per heavy atom. The van der Waals surface area contributed by atoms with Gasteiger partial charge in [-0.25, -0.2) is 0 Å². The summed E-state index contributed by atoms with van der Waals surface area (Å²) in [4.78, 5) is 37.6. The first kappa shape index (κ1) is 20.1. The van der Waals surface area contributed by atoms with Gasteiger partial charge in [0.15, 0.2) is 0 Å². The molecule has 0 saturated heterocycles. The molecule has 0 fully saturated rings. The summed E-state index contributed by atoms with van der Waals surface area (Å²) in [5, 5.41) is 2.92. The average Bonchev–Trinajstić information content (AvgIpc) is 2.86. The first-order valence-electron chi connectivity index (χ1n) is 9.72. The Labute approximate surface area is 156 Å². The molecule has 0 bridgehead atoms. The number of nitrogens with zero attached hydrogens (tertiary/aromatic N) is 1. The predicted octanol–water partition coefficient (Wildman–Crippen LogP) is 3.79. The molecule has 1 aromatic carbocycles. The molecule has 5 nitrogen and oxygen atoms in total. The summed E-state index contributed by atoms with van der Waals surface area (Å²) >= 11 is 0. The molecule has 1 heterocycles. The molecule has 2 rings (SSSR count). The highest BCUT2D eigenvalue weighted by atomic mass is 16.2. The van der Waals surface area contributed by atoms with Crippen LogP contribution >= 0.6 is 0 Å². The Kier molecular flexibility index (Phi) is 7.82. The van der Waals surface area contributed by atoms with E-state index in [4.69, 9.17) is 0 Å². The summed E-state index contributed by atoms with van der Waals surface area (Å²) in [6, 6.07) is 6.85. The Hall–Kier alpha value is -2.17. The van der Waals surface area contributed by atoms with Gasteiger partial charge in [0.25, 0.3) is 11.8 Å². The van der Waals surface area contributed by atoms with E-state index in [9.17, 15) is 14.4 Å². The maximum Gasteiger partial charge on any atom is 0.261 e. The van der Waals surface area contributed by atoms with Crippen LogP contribution in [0.15, 0.2) is 24.3 Å². The van der Waals surface area contributed by atoms with Crippen LogP contribution in [-0.2, 0) is 4.79 Å². The lowest BCUT2D eigenvalue weighted by Gasteiger charge is -2.13. The fraction of sp³-hybridized carbons (Fsp3) is 0.571. The van der Waals surface area contributed by atoms with Gasteiger partial charge < -0.3 is 5.32 Å². The second-order valence-electron chi connectivity index (χ2n) is 7.36. The molecule has 0 unspecified atom stereocenters. The summed E-state index contributed by atoms with van der Waals surface area (Å²) in [5.74, 6) is 0.237. The molecule has 0 spiro atoms. The molecular formula is C21H30N2O3. The molecule has 0 saturated carbocycles. The summed E-state index contributed by atoms with van der Waals surface area (Å²) in [6.45, 7) is 5.47. The van der Waals surface area contributed by atoms with Gasteiger partial charge >= 0.3 is 0 Å². The third-order valence-corrected chi connectivity index (χ3v) is 4.69. The van der Waals surface area contributed by atoms with Crippen molar-refractivity contribution in [2.45, 2.75) is 58.8 Å². The van der Waals surface area contributed by atoms with E-state index in [1.165, 1.54) is 24.2 Å². The Morgan fingerprint density at radius 3 is 2.19 bits per heavy atom. The van der Waals surface area contributed by atoms with Gasteiger partial charge in [0, 0.05) is 19.5 Å². The first-order valence-corrected chi connectivity index (χ1v) is 9.72. The van der Waals surface area contributed by atoms with Crippen LogP contribution in [0.2, 0.25) is 0 Å². The standard InChI is InChI=1S/C21H30N2O3/c1-16(2)10-5-3-4-8-14-22-19(24)13-9-15-23-20(25)17-11-6-7-12-18(17)21(23)26/h6-7,11-12,16H,3-5,8-10,13-15H2,1-2H3,(H,22,24). The molecule has 5 heteroatoms. The molecule has 1 N–H and O–H groups in total. The molecule has 0 aromatic heterocycles. The van der Waals surface area contributed by atoms with Crippen molar-refractivity contribution in [3.63, 3.8) is 0 Å². The van der Waals surface area contributed by atoms with Gasteiger partial charge in [-0.2, -0.15) is 0 Å². The number of hydrogen-bond acceptors (Lipinski definition) is 3. The molecule has 1 aliphatic rings. The monoisotopic (exact) mass is 358 g/mol. The minimum absolute atomic E-state index is 0.0104. The molecule has 0 radical (unpaired) electrons. The summed E-state index contributed by atoms with van der Waals surface area (Å²) in [7, 11) is 0. The van der Waals surface area contributed by atoms with Gasteiger partial charge in [-0.3, -0.25) is 19.3 Å². The Morgan fingerprint density at radius 2 is 1.58 bits per heavy atom. The highest BCUT2D eigenvalue weighted by molar-refractivity contribution is 6.21. The van der Waals surface area contributed by atoms with E-state index in [1.807, 2.05) is 0 Å². The number of unbranched alkanes of at least 4 members (excludes halogenated alkanes) is 3. The third kappa shape index (κ3) is 5.68. The minimum atomic E-state index is -0.257. The van der Waals surface area contributed by atoms with Crippen LogP contribution in [0.3, 0.4) is 0 Å². The zero-order valence-corrected chi connectivity index (χ0v) is 15.9. The normalized spacial score (nSPS) is 13.4. The zero-order chi connectivity index (χ0) is 18.9. The molecule has 3 amide bonds. The van der Waals surface area contributed by atoms with Crippen molar-refractivity contribution in [1.29, 1.82) is 0 Å². The van der Waals surface area contributed by atoms with Gasteiger partial charge in [0.05, 0.1) is 11.1 Å². The maximum absolute atomic E-state index is 12.2. The average molecular weight is 358 g/mol. The van der Waals surface area contributed by atoms with Crippen LogP contribution in [0.4, 0.5) is 0 Å². The lowest BCUT2D eigenvalue weighted by atomic mass is 10.0. The Balaban J connectivity index is 1.58. The smallest absolute Gasteiger partial charge is 0.261 e. The predicted molar refractivity (Wildman–Crippen MR) is 102 cm³/mol. The SMILES string of the molecule is CC(C)CCCCCCNC(=O)CCCN1C(=O)c2ccccc2C1=O. The second-order valence-corrected chi connectivity index (χ2v) is 7.36. The van der Waals surface area contributed by atoms with Crippen molar-refractivity contribution in [1.82, 2.24) is 10.2 Å². The van der Waals surface area contributed by atoms with E-state index >= 15 is 0 Å². The van der Waals surface area contributed by atoms with Gasteiger partial charge in [-0.05, 0) is 30.9 Å². The second kappa shape index (κ2) is 10.1. The van der Waals surface area contributed by atoms with Crippen LogP contribution in [0, 0.1) is 5.92 Å². The highest BCUT2D eigenvalue weighted by Crippen LogP contribution is 2.22.